The van der Waals surface area contributed by atoms with E-state index in [1.54, 1.807) is 6.20 Å². The van der Waals surface area contributed by atoms with Gasteiger partial charge in [0.1, 0.15) is 0 Å². The van der Waals surface area contributed by atoms with Gasteiger partial charge in [-0.2, -0.15) is 0 Å². The Morgan fingerprint density at radius 3 is 2.70 bits per heavy atom. The highest BCUT2D eigenvalue weighted by Crippen LogP contribution is 2.31. The Bertz CT molecular complexity index is 640. The van der Waals surface area contributed by atoms with E-state index in [1.807, 2.05) is 18.2 Å². The predicted molar refractivity (Wildman–Crippen MR) is 101 cm³/mol. The maximum Gasteiger partial charge on any atom is 0.0967 e. The number of nitrogens with two attached hydrogens (primary N) is 1. The molecule has 1 aromatic heterocycles. The predicted octanol–water partition coefficient (Wildman–Crippen LogP) is 4.39. The molecule has 4 nitrogen and oxygen atoms in total. The number of hydrogen-bond acceptors (Lipinski definition) is 4. The average Bonchev–Trinajstić information content (AvgIpc) is 2.55. The monoisotopic (exact) mass is 334 g/mol. The molecule has 0 amide bonds. The SMILES string of the molecule is CCN(CC)CCCC(C)Nc1ccnc2c(N)c(Cl)ccc12. The van der Waals surface area contributed by atoms with Crippen LogP contribution >= 0.6 is 11.6 Å². The fourth-order valence-corrected chi connectivity index (χ4v) is 2.99. The second-order valence-corrected chi connectivity index (χ2v) is 6.34. The molecule has 0 aliphatic carbocycles. The molecule has 2 rings (SSSR count). The van der Waals surface area contributed by atoms with E-state index in [9.17, 15) is 0 Å². The van der Waals surface area contributed by atoms with E-state index in [0.29, 0.717) is 16.8 Å². The lowest BCUT2D eigenvalue weighted by Gasteiger charge is -2.21. The molecule has 0 bridgehead atoms. The summed E-state index contributed by atoms with van der Waals surface area (Å²) < 4.78 is 0. The zero-order valence-corrected chi connectivity index (χ0v) is 15.0. The summed E-state index contributed by atoms with van der Waals surface area (Å²) in [6.45, 7) is 10.0. The highest BCUT2D eigenvalue weighted by molar-refractivity contribution is 6.34. The van der Waals surface area contributed by atoms with E-state index < -0.39 is 0 Å². The minimum absolute atomic E-state index is 0.396. The van der Waals surface area contributed by atoms with E-state index in [1.165, 1.54) is 6.42 Å². The quantitative estimate of drug-likeness (QED) is 0.703. The van der Waals surface area contributed by atoms with Crippen LogP contribution in [0, 0.1) is 0 Å². The van der Waals surface area contributed by atoms with Crippen LogP contribution in [-0.4, -0.2) is 35.6 Å². The molecule has 0 fully saturated rings. The van der Waals surface area contributed by atoms with E-state index in [2.05, 4.69) is 36.0 Å². The van der Waals surface area contributed by atoms with Crippen LogP contribution in [0.1, 0.15) is 33.6 Å². The first kappa shape index (κ1) is 17.8. The Hall–Kier alpha value is -1.52. The van der Waals surface area contributed by atoms with Gasteiger partial charge in [0, 0.05) is 23.3 Å². The molecule has 23 heavy (non-hydrogen) atoms. The first-order valence-corrected chi connectivity index (χ1v) is 8.76. The molecular formula is C18H27ClN4. The molecule has 0 saturated carbocycles. The molecule has 126 valence electrons. The average molecular weight is 335 g/mol. The van der Waals surface area contributed by atoms with Crippen molar-refractivity contribution in [3.05, 3.63) is 29.4 Å². The third-order valence-electron chi connectivity index (χ3n) is 4.31. The number of benzene rings is 1. The Balaban J connectivity index is 2.03. The van der Waals surface area contributed by atoms with Crippen molar-refractivity contribution in [3.8, 4) is 0 Å². The zero-order chi connectivity index (χ0) is 16.8. The molecule has 1 heterocycles. The summed E-state index contributed by atoms with van der Waals surface area (Å²) in [7, 11) is 0. The van der Waals surface area contributed by atoms with Crippen LogP contribution in [-0.2, 0) is 0 Å². The van der Waals surface area contributed by atoms with Crippen molar-refractivity contribution in [1.82, 2.24) is 9.88 Å². The summed E-state index contributed by atoms with van der Waals surface area (Å²) in [5, 5.41) is 5.15. The van der Waals surface area contributed by atoms with E-state index in [4.69, 9.17) is 17.3 Å². The van der Waals surface area contributed by atoms with Gasteiger partial charge in [0.25, 0.3) is 0 Å². The normalized spacial score (nSPS) is 12.7. The maximum absolute atomic E-state index is 6.08. The van der Waals surface area contributed by atoms with Gasteiger partial charge < -0.3 is 16.0 Å². The van der Waals surface area contributed by atoms with Crippen LogP contribution in [0.25, 0.3) is 10.9 Å². The van der Waals surface area contributed by atoms with Crippen molar-refractivity contribution in [2.24, 2.45) is 0 Å². The third-order valence-corrected chi connectivity index (χ3v) is 4.64. The summed E-state index contributed by atoms with van der Waals surface area (Å²) in [5.41, 5.74) is 8.40. The van der Waals surface area contributed by atoms with Crippen LogP contribution < -0.4 is 11.1 Å². The highest BCUT2D eigenvalue weighted by Gasteiger charge is 2.10. The second kappa shape index (κ2) is 8.37. The van der Waals surface area contributed by atoms with Crippen LogP contribution in [0.2, 0.25) is 5.02 Å². The largest absolute Gasteiger partial charge is 0.396 e. The van der Waals surface area contributed by atoms with Crippen LogP contribution in [0.15, 0.2) is 24.4 Å². The van der Waals surface area contributed by atoms with Crippen LogP contribution in [0.3, 0.4) is 0 Å². The Morgan fingerprint density at radius 1 is 1.26 bits per heavy atom. The highest BCUT2D eigenvalue weighted by atomic mass is 35.5. The van der Waals surface area contributed by atoms with Gasteiger partial charge in [0.05, 0.1) is 16.2 Å². The lowest BCUT2D eigenvalue weighted by Crippen LogP contribution is -2.25. The Labute approximate surface area is 144 Å². The topological polar surface area (TPSA) is 54.2 Å². The van der Waals surface area contributed by atoms with Gasteiger partial charge in [-0.15, -0.1) is 0 Å². The molecule has 0 radical (unpaired) electrons. The number of nitrogens with one attached hydrogen (secondary N) is 1. The number of anilines is 2. The summed E-state index contributed by atoms with van der Waals surface area (Å²) in [6.07, 6.45) is 4.09. The van der Waals surface area contributed by atoms with Gasteiger partial charge in [0.2, 0.25) is 0 Å². The molecule has 0 aliphatic heterocycles. The van der Waals surface area contributed by atoms with Crippen molar-refractivity contribution in [3.63, 3.8) is 0 Å². The molecule has 1 unspecified atom stereocenters. The Kier molecular flexibility index (Phi) is 6.48. The first-order valence-electron chi connectivity index (χ1n) is 8.38. The maximum atomic E-state index is 6.08. The number of aromatic nitrogens is 1. The summed E-state index contributed by atoms with van der Waals surface area (Å²) in [6, 6.07) is 6.20. The van der Waals surface area contributed by atoms with Gasteiger partial charge in [-0.25, -0.2) is 0 Å². The fraction of sp³-hybridized carbons (Fsp3) is 0.500. The second-order valence-electron chi connectivity index (χ2n) is 5.93. The van der Waals surface area contributed by atoms with Crippen LogP contribution in [0.5, 0.6) is 0 Å². The van der Waals surface area contributed by atoms with E-state index >= 15 is 0 Å². The number of rotatable bonds is 8. The van der Waals surface area contributed by atoms with Crippen molar-refractivity contribution in [2.45, 2.75) is 39.7 Å². The van der Waals surface area contributed by atoms with Crippen molar-refractivity contribution < 1.29 is 0 Å². The summed E-state index contributed by atoms with van der Waals surface area (Å²) in [4.78, 5) is 6.82. The van der Waals surface area contributed by atoms with Gasteiger partial charge in [0.15, 0.2) is 0 Å². The van der Waals surface area contributed by atoms with Crippen molar-refractivity contribution >= 4 is 33.9 Å². The van der Waals surface area contributed by atoms with Gasteiger partial charge in [-0.1, -0.05) is 25.4 Å². The molecule has 5 heteroatoms. The molecule has 3 N–H and O–H groups in total. The number of nitrogen functional groups attached to an aromatic ring is 1. The van der Waals surface area contributed by atoms with Gasteiger partial charge >= 0.3 is 0 Å². The minimum Gasteiger partial charge on any atom is -0.396 e. The van der Waals surface area contributed by atoms with Crippen molar-refractivity contribution in [2.75, 3.05) is 30.7 Å². The summed E-state index contributed by atoms with van der Waals surface area (Å²) >= 11 is 6.08. The van der Waals surface area contributed by atoms with Crippen molar-refractivity contribution in [1.29, 1.82) is 0 Å². The molecule has 0 spiro atoms. The van der Waals surface area contributed by atoms with Gasteiger partial charge in [-0.05, 0) is 57.6 Å². The molecule has 0 saturated heterocycles. The number of nitrogens with zero attached hydrogens (tertiary/aromatic N) is 2. The van der Waals surface area contributed by atoms with Crippen LogP contribution in [0.4, 0.5) is 11.4 Å². The molecule has 1 atom stereocenters. The number of hydrogen-bond donors (Lipinski definition) is 2. The smallest absolute Gasteiger partial charge is 0.0967 e. The number of halogens is 1. The molecule has 0 aliphatic rings. The number of pyridine rings is 1. The lowest BCUT2D eigenvalue weighted by atomic mass is 10.1. The standard InChI is InChI=1S/C18H27ClN4/c1-4-23(5-2)12-6-7-13(3)22-16-10-11-21-18-14(16)8-9-15(19)17(18)20/h8-11,13H,4-7,12,20H2,1-3H3,(H,21,22). The summed E-state index contributed by atoms with van der Waals surface area (Å²) in [5.74, 6) is 0. The number of fused-ring (bicyclic) bond motifs is 1. The lowest BCUT2D eigenvalue weighted by molar-refractivity contribution is 0.295. The first-order chi connectivity index (χ1) is 11.1. The molecular weight excluding hydrogens is 308 g/mol. The Morgan fingerprint density at radius 2 is 2.00 bits per heavy atom. The third kappa shape index (κ3) is 4.49. The molecule has 1 aromatic carbocycles. The zero-order valence-electron chi connectivity index (χ0n) is 14.3. The minimum atomic E-state index is 0.396. The van der Waals surface area contributed by atoms with E-state index in [0.717, 1.165) is 42.6 Å². The molecule has 2 aromatic rings. The fourth-order valence-electron chi connectivity index (χ4n) is 2.84. The van der Waals surface area contributed by atoms with E-state index in [-0.39, 0.29) is 0 Å². The van der Waals surface area contributed by atoms with Gasteiger partial charge in [-0.3, -0.25) is 4.98 Å².